The SMILES string of the molecule is CC(C)[C@@H](NC(=O)c1ccn(-c2ccc([N+](=O)[O-])cc2)n1)C(=O)O. The molecule has 1 aromatic carbocycles. The summed E-state index contributed by atoms with van der Waals surface area (Å²) in [5.74, 6) is -1.99. The van der Waals surface area contributed by atoms with Gasteiger partial charge in [-0.3, -0.25) is 14.9 Å². The topological polar surface area (TPSA) is 127 Å². The third-order valence-electron chi connectivity index (χ3n) is 3.37. The summed E-state index contributed by atoms with van der Waals surface area (Å²) in [7, 11) is 0. The summed E-state index contributed by atoms with van der Waals surface area (Å²) >= 11 is 0. The number of carbonyl (C=O) groups excluding carboxylic acids is 1. The van der Waals surface area contributed by atoms with Crippen LogP contribution in [0.2, 0.25) is 0 Å². The smallest absolute Gasteiger partial charge is 0.326 e. The van der Waals surface area contributed by atoms with Crippen molar-refractivity contribution >= 4 is 17.6 Å². The Balaban J connectivity index is 2.16. The second-order valence-corrected chi connectivity index (χ2v) is 5.45. The Hall–Kier alpha value is -3.23. The number of nitrogens with zero attached hydrogens (tertiary/aromatic N) is 3. The molecule has 1 aromatic heterocycles. The Morgan fingerprint density at radius 2 is 1.88 bits per heavy atom. The van der Waals surface area contributed by atoms with E-state index in [1.54, 1.807) is 13.8 Å². The normalized spacial score (nSPS) is 12.0. The van der Waals surface area contributed by atoms with Crippen molar-refractivity contribution < 1.29 is 19.6 Å². The first-order valence-electron chi connectivity index (χ1n) is 7.13. The first kappa shape index (κ1) is 17.1. The highest BCUT2D eigenvalue weighted by Gasteiger charge is 2.24. The predicted octanol–water partition coefficient (Wildman–Crippen LogP) is 1.62. The van der Waals surface area contributed by atoms with E-state index in [0.29, 0.717) is 5.69 Å². The zero-order valence-corrected chi connectivity index (χ0v) is 13.0. The van der Waals surface area contributed by atoms with Crippen molar-refractivity contribution in [3.63, 3.8) is 0 Å². The molecule has 0 saturated carbocycles. The molecular weight excluding hydrogens is 316 g/mol. The highest BCUT2D eigenvalue weighted by atomic mass is 16.6. The van der Waals surface area contributed by atoms with Gasteiger partial charge in [-0.25, -0.2) is 9.48 Å². The van der Waals surface area contributed by atoms with Crippen LogP contribution in [0.3, 0.4) is 0 Å². The summed E-state index contributed by atoms with van der Waals surface area (Å²) < 4.78 is 1.38. The number of benzene rings is 1. The summed E-state index contributed by atoms with van der Waals surface area (Å²) in [5.41, 5.74) is 0.545. The van der Waals surface area contributed by atoms with Gasteiger partial charge in [0, 0.05) is 18.3 Å². The van der Waals surface area contributed by atoms with Crippen LogP contribution in [0.4, 0.5) is 5.69 Å². The Labute approximate surface area is 137 Å². The van der Waals surface area contributed by atoms with Crippen molar-refractivity contribution in [2.45, 2.75) is 19.9 Å². The van der Waals surface area contributed by atoms with Crippen LogP contribution in [0.1, 0.15) is 24.3 Å². The van der Waals surface area contributed by atoms with Crippen LogP contribution in [-0.4, -0.2) is 37.7 Å². The molecular formula is C15H16N4O5. The van der Waals surface area contributed by atoms with Crippen LogP contribution in [-0.2, 0) is 4.79 Å². The molecule has 2 aromatic rings. The molecule has 0 aliphatic heterocycles. The monoisotopic (exact) mass is 332 g/mol. The van der Waals surface area contributed by atoms with Gasteiger partial charge in [-0.05, 0) is 24.1 Å². The van der Waals surface area contributed by atoms with E-state index >= 15 is 0 Å². The minimum atomic E-state index is -1.12. The lowest BCUT2D eigenvalue weighted by Gasteiger charge is -2.16. The first-order valence-corrected chi connectivity index (χ1v) is 7.13. The van der Waals surface area contributed by atoms with Gasteiger partial charge < -0.3 is 10.4 Å². The van der Waals surface area contributed by atoms with Gasteiger partial charge in [-0.1, -0.05) is 13.8 Å². The van der Waals surface area contributed by atoms with Crippen LogP contribution in [0.15, 0.2) is 36.5 Å². The van der Waals surface area contributed by atoms with Crippen molar-refractivity contribution in [2.24, 2.45) is 5.92 Å². The maximum Gasteiger partial charge on any atom is 0.326 e. The van der Waals surface area contributed by atoms with Gasteiger partial charge in [0.25, 0.3) is 11.6 Å². The number of hydrogen-bond donors (Lipinski definition) is 2. The first-order chi connectivity index (χ1) is 11.3. The fraction of sp³-hybridized carbons (Fsp3) is 0.267. The van der Waals surface area contributed by atoms with Crippen molar-refractivity contribution in [2.75, 3.05) is 0 Å². The molecule has 9 nitrogen and oxygen atoms in total. The molecule has 1 atom stereocenters. The molecule has 24 heavy (non-hydrogen) atoms. The number of carboxylic acids is 1. The standard InChI is InChI=1S/C15H16N4O5/c1-9(2)13(15(21)22)16-14(20)12-7-8-18(17-12)10-3-5-11(6-4-10)19(23)24/h3-9,13H,1-2H3,(H,16,20)(H,21,22)/t13-/m1/s1. The molecule has 1 amide bonds. The van der Waals surface area contributed by atoms with Crippen molar-refractivity contribution in [1.29, 1.82) is 0 Å². The molecule has 2 N–H and O–H groups in total. The second-order valence-electron chi connectivity index (χ2n) is 5.45. The van der Waals surface area contributed by atoms with E-state index in [9.17, 15) is 19.7 Å². The highest BCUT2D eigenvalue weighted by Crippen LogP contribution is 2.15. The van der Waals surface area contributed by atoms with Gasteiger partial charge in [0.15, 0.2) is 5.69 Å². The summed E-state index contributed by atoms with van der Waals surface area (Å²) in [6.45, 7) is 3.38. The summed E-state index contributed by atoms with van der Waals surface area (Å²) in [6.07, 6.45) is 1.52. The quantitative estimate of drug-likeness (QED) is 0.611. The van der Waals surface area contributed by atoms with Crippen LogP contribution >= 0.6 is 0 Å². The largest absolute Gasteiger partial charge is 0.480 e. The number of carboxylic acid groups (broad SMARTS) is 1. The molecule has 9 heteroatoms. The molecule has 1 heterocycles. The van der Waals surface area contributed by atoms with E-state index < -0.39 is 22.8 Å². The summed E-state index contributed by atoms with van der Waals surface area (Å²) in [5, 5.41) is 26.2. The van der Waals surface area contributed by atoms with Gasteiger partial charge in [-0.2, -0.15) is 5.10 Å². The number of rotatable bonds is 6. The van der Waals surface area contributed by atoms with Gasteiger partial charge in [-0.15, -0.1) is 0 Å². The molecule has 0 radical (unpaired) electrons. The van der Waals surface area contributed by atoms with E-state index in [1.165, 1.54) is 41.2 Å². The minimum absolute atomic E-state index is 0.0508. The molecule has 0 aliphatic carbocycles. The van der Waals surface area contributed by atoms with E-state index in [0.717, 1.165) is 0 Å². The lowest BCUT2D eigenvalue weighted by Crippen LogP contribution is -2.44. The van der Waals surface area contributed by atoms with Crippen LogP contribution in [0.5, 0.6) is 0 Å². The van der Waals surface area contributed by atoms with Gasteiger partial charge >= 0.3 is 5.97 Å². The fourth-order valence-electron chi connectivity index (χ4n) is 2.04. The molecule has 0 fully saturated rings. The number of aliphatic carboxylic acids is 1. The van der Waals surface area contributed by atoms with Crippen LogP contribution in [0, 0.1) is 16.0 Å². The van der Waals surface area contributed by atoms with E-state index in [-0.39, 0.29) is 17.3 Å². The van der Waals surface area contributed by atoms with Gasteiger partial charge in [0.1, 0.15) is 6.04 Å². The Morgan fingerprint density at radius 1 is 1.25 bits per heavy atom. The van der Waals surface area contributed by atoms with E-state index in [2.05, 4.69) is 10.4 Å². The Morgan fingerprint density at radius 3 is 2.38 bits per heavy atom. The average Bonchev–Trinajstić information content (AvgIpc) is 3.01. The van der Waals surface area contributed by atoms with Crippen LogP contribution < -0.4 is 5.32 Å². The number of nitro groups is 1. The zero-order valence-electron chi connectivity index (χ0n) is 13.0. The molecule has 0 bridgehead atoms. The van der Waals surface area contributed by atoms with Gasteiger partial charge in [0.05, 0.1) is 10.6 Å². The molecule has 0 aliphatic rings. The maximum atomic E-state index is 12.1. The minimum Gasteiger partial charge on any atom is -0.480 e. The molecule has 0 saturated heterocycles. The summed E-state index contributed by atoms with van der Waals surface area (Å²) in [6, 6.07) is 6.09. The van der Waals surface area contributed by atoms with Crippen molar-refractivity contribution in [3.8, 4) is 5.69 Å². The van der Waals surface area contributed by atoms with Gasteiger partial charge in [0.2, 0.25) is 0 Å². The number of hydrogen-bond acceptors (Lipinski definition) is 5. The molecule has 0 spiro atoms. The lowest BCUT2D eigenvalue weighted by molar-refractivity contribution is -0.384. The molecule has 126 valence electrons. The number of amides is 1. The maximum absolute atomic E-state index is 12.1. The third-order valence-corrected chi connectivity index (χ3v) is 3.37. The van der Waals surface area contributed by atoms with E-state index in [1.807, 2.05) is 0 Å². The lowest BCUT2D eigenvalue weighted by atomic mass is 10.0. The Kier molecular flexibility index (Phi) is 4.93. The number of carbonyl (C=O) groups is 2. The van der Waals surface area contributed by atoms with Crippen LogP contribution in [0.25, 0.3) is 5.69 Å². The molecule has 0 unspecified atom stereocenters. The number of nitro benzene ring substituents is 1. The predicted molar refractivity (Wildman–Crippen MR) is 83.9 cm³/mol. The number of nitrogens with one attached hydrogen (secondary N) is 1. The number of aromatic nitrogens is 2. The fourth-order valence-corrected chi connectivity index (χ4v) is 2.04. The zero-order chi connectivity index (χ0) is 17.9. The highest BCUT2D eigenvalue weighted by molar-refractivity contribution is 5.95. The number of non-ortho nitro benzene ring substituents is 1. The third kappa shape index (κ3) is 3.75. The van der Waals surface area contributed by atoms with Crippen molar-refractivity contribution in [3.05, 3.63) is 52.3 Å². The summed E-state index contributed by atoms with van der Waals surface area (Å²) in [4.78, 5) is 33.4. The average molecular weight is 332 g/mol. The van der Waals surface area contributed by atoms with E-state index in [4.69, 9.17) is 5.11 Å². The van der Waals surface area contributed by atoms with Crippen molar-refractivity contribution in [1.82, 2.24) is 15.1 Å². The molecule has 2 rings (SSSR count). The Bertz CT molecular complexity index is 766. The second kappa shape index (κ2) is 6.90.